The summed E-state index contributed by atoms with van der Waals surface area (Å²) >= 11 is 0. The SMILES string of the molecule is CNCC(C)C(=O)Cc1ccc(C(C)C)cc1. The van der Waals surface area contributed by atoms with Crippen LogP contribution in [0, 0.1) is 5.92 Å². The number of hydrogen-bond acceptors (Lipinski definition) is 2. The van der Waals surface area contributed by atoms with Crippen molar-refractivity contribution in [2.45, 2.75) is 33.1 Å². The lowest BCUT2D eigenvalue weighted by atomic mass is 9.96. The number of ketones is 1. The first-order chi connectivity index (χ1) is 8.04. The number of carbonyl (C=O) groups is 1. The molecule has 1 unspecified atom stereocenters. The molecule has 0 saturated heterocycles. The Bertz CT molecular complexity index is 354. The summed E-state index contributed by atoms with van der Waals surface area (Å²) in [6.45, 7) is 7.08. The first-order valence-electron chi connectivity index (χ1n) is 6.30. The molecule has 0 aliphatic heterocycles. The minimum Gasteiger partial charge on any atom is -0.319 e. The third kappa shape index (κ3) is 4.31. The highest BCUT2D eigenvalue weighted by Gasteiger charge is 2.12. The molecule has 17 heavy (non-hydrogen) atoms. The maximum absolute atomic E-state index is 11.9. The van der Waals surface area contributed by atoms with E-state index in [0.29, 0.717) is 18.1 Å². The Balaban J connectivity index is 2.60. The Morgan fingerprint density at radius 3 is 2.24 bits per heavy atom. The van der Waals surface area contributed by atoms with E-state index >= 15 is 0 Å². The molecule has 1 aromatic carbocycles. The maximum Gasteiger partial charge on any atom is 0.141 e. The molecular formula is C15H23NO. The quantitative estimate of drug-likeness (QED) is 0.818. The summed E-state index contributed by atoms with van der Waals surface area (Å²) < 4.78 is 0. The van der Waals surface area contributed by atoms with Crippen LogP contribution in [-0.4, -0.2) is 19.4 Å². The molecule has 0 aromatic heterocycles. The minimum absolute atomic E-state index is 0.0878. The lowest BCUT2D eigenvalue weighted by Gasteiger charge is -2.10. The largest absolute Gasteiger partial charge is 0.319 e. The van der Waals surface area contributed by atoms with Gasteiger partial charge in [0.25, 0.3) is 0 Å². The molecule has 0 saturated carbocycles. The number of hydrogen-bond donors (Lipinski definition) is 1. The van der Waals surface area contributed by atoms with E-state index < -0.39 is 0 Å². The Labute approximate surface area is 104 Å². The molecule has 0 radical (unpaired) electrons. The number of carbonyl (C=O) groups excluding carboxylic acids is 1. The van der Waals surface area contributed by atoms with Gasteiger partial charge in [0.15, 0.2) is 0 Å². The number of nitrogens with one attached hydrogen (secondary N) is 1. The highest BCUT2D eigenvalue weighted by atomic mass is 16.1. The zero-order chi connectivity index (χ0) is 12.8. The minimum atomic E-state index is 0.0878. The predicted octanol–water partition coefficient (Wildman–Crippen LogP) is 2.78. The Hall–Kier alpha value is -1.15. The summed E-state index contributed by atoms with van der Waals surface area (Å²) in [6.07, 6.45) is 0.543. The molecule has 2 nitrogen and oxygen atoms in total. The van der Waals surface area contributed by atoms with E-state index in [1.54, 1.807) is 0 Å². The van der Waals surface area contributed by atoms with Crippen LogP contribution >= 0.6 is 0 Å². The third-order valence-electron chi connectivity index (χ3n) is 3.08. The molecule has 2 heteroatoms. The molecule has 94 valence electrons. The van der Waals surface area contributed by atoms with Crippen molar-refractivity contribution in [2.75, 3.05) is 13.6 Å². The summed E-state index contributed by atoms with van der Waals surface area (Å²) in [4.78, 5) is 11.9. The molecule has 0 bridgehead atoms. The van der Waals surface area contributed by atoms with E-state index in [4.69, 9.17) is 0 Å². The molecule has 0 aliphatic rings. The predicted molar refractivity (Wildman–Crippen MR) is 72.3 cm³/mol. The fourth-order valence-electron chi connectivity index (χ4n) is 1.82. The van der Waals surface area contributed by atoms with E-state index in [1.165, 1.54) is 5.56 Å². The van der Waals surface area contributed by atoms with E-state index in [9.17, 15) is 4.79 Å². The normalized spacial score (nSPS) is 12.8. The van der Waals surface area contributed by atoms with Gasteiger partial charge < -0.3 is 5.32 Å². The molecule has 0 amide bonds. The highest BCUT2D eigenvalue weighted by molar-refractivity contribution is 5.83. The molecule has 0 fully saturated rings. The number of benzene rings is 1. The second-order valence-electron chi connectivity index (χ2n) is 5.00. The van der Waals surface area contributed by atoms with Crippen molar-refractivity contribution in [1.29, 1.82) is 0 Å². The van der Waals surface area contributed by atoms with Gasteiger partial charge in [-0.05, 0) is 24.1 Å². The van der Waals surface area contributed by atoms with Gasteiger partial charge in [0.2, 0.25) is 0 Å². The average Bonchev–Trinajstić information content (AvgIpc) is 2.30. The van der Waals surface area contributed by atoms with Gasteiger partial charge in [-0.15, -0.1) is 0 Å². The molecule has 0 heterocycles. The highest BCUT2D eigenvalue weighted by Crippen LogP contribution is 2.15. The Morgan fingerprint density at radius 2 is 1.76 bits per heavy atom. The van der Waals surface area contributed by atoms with Crippen LogP contribution in [0.3, 0.4) is 0 Å². The topological polar surface area (TPSA) is 29.1 Å². The van der Waals surface area contributed by atoms with Crippen LogP contribution in [0.2, 0.25) is 0 Å². The molecule has 1 N–H and O–H groups in total. The van der Waals surface area contributed by atoms with Gasteiger partial charge in [0.05, 0.1) is 0 Å². The van der Waals surface area contributed by atoms with Gasteiger partial charge in [-0.25, -0.2) is 0 Å². The second kappa shape index (κ2) is 6.55. The summed E-state index contributed by atoms with van der Waals surface area (Å²) in [5, 5.41) is 3.04. The van der Waals surface area contributed by atoms with Gasteiger partial charge in [-0.3, -0.25) is 4.79 Å². The van der Waals surface area contributed by atoms with Gasteiger partial charge in [-0.2, -0.15) is 0 Å². The summed E-state index contributed by atoms with van der Waals surface area (Å²) in [7, 11) is 1.88. The average molecular weight is 233 g/mol. The maximum atomic E-state index is 11.9. The summed E-state index contributed by atoms with van der Waals surface area (Å²) in [5.41, 5.74) is 2.44. The molecule has 0 spiro atoms. The zero-order valence-electron chi connectivity index (χ0n) is 11.3. The van der Waals surface area contributed by atoms with Gasteiger partial charge >= 0.3 is 0 Å². The zero-order valence-corrected chi connectivity index (χ0v) is 11.3. The standard InChI is InChI=1S/C15H23NO/c1-11(2)14-7-5-13(6-8-14)9-15(17)12(3)10-16-4/h5-8,11-12,16H,9-10H2,1-4H3. The first kappa shape index (κ1) is 13.9. The number of Topliss-reactive ketones (excluding diaryl/α,β-unsaturated/α-hetero) is 1. The van der Waals surface area contributed by atoms with Gasteiger partial charge in [0, 0.05) is 18.9 Å². The van der Waals surface area contributed by atoms with E-state index in [1.807, 2.05) is 14.0 Å². The molecular weight excluding hydrogens is 210 g/mol. The van der Waals surface area contributed by atoms with Gasteiger partial charge in [0.1, 0.15) is 5.78 Å². The van der Waals surface area contributed by atoms with Crippen LogP contribution in [0.15, 0.2) is 24.3 Å². The fraction of sp³-hybridized carbons (Fsp3) is 0.533. The van der Waals surface area contributed by atoms with Crippen molar-refractivity contribution in [3.05, 3.63) is 35.4 Å². The lowest BCUT2D eigenvalue weighted by Crippen LogP contribution is -2.24. The van der Waals surface area contributed by atoms with Crippen LogP contribution in [-0.2, 0) is 11.2 Å². The molecule has 0 aliphatic carbocycles. The Morgan fingerprint density at radius 1 is 1.18 bits per heavy atom. The monoisotopic (exact) mass is 233 g/mol. The van der Waals surface area contributed by atoms with Crippen LogP contribution in [0.5, 0.6) is 0 Å². The van der Waals surface area contributed by atoms with Crippen molar-refractivity contribution < 1.29 is 4.79 Å². The van der Waals surface area contributed by atoms with Crippen molar-refractivity contribution >= 4 is 5.78 Å². The van der Waals surface area contributed by atoms with Crippen LogP contribution in [0.25, 0.3) is 0 Å². The molecule has 1 aromatic rings. The third-order valence-corrected chi connectivity index (χ3v) is 3.08. The first-order valence-corrected chi connectivity index (χ1v) is 6.30. The van der Waals surface area contributed by atoms with Crippen molar-refractivity contribution in [3.8, 4) is 0 Å². The van der Waals surface area contributed by atoms with E-state index in [-0.39, 0.29) is 5.92 Å². The van der Waals surface area contributed by atoms with Crippen molar-refractivity contribution in [2.24, 2.45) is 5.92 Å². The molecule has 1 rings (SSSR count). The number of rotatable bonds is 6. The fourth-order valence-corrected chi connectivity index (χ4v) is 1.82. The van der Waals surface area contributed by atoms with Crippen LogP contribution in [0.1, 0.15) is 37.8 Å². The summed E-state index contributed by atoms with van der Waals surface area (Å²) in [6, 6.07) is 8.38. The second-order valence-corrected chi connectivity index (χ2v) is 5.00. The van der Waals surface area contributed by atoms with Crippen molar-refractivity contribution in [1.82, 2.24) is 5.32 Å². The Kier molecular flexibility index (Phi) is 5.36. The van der Waals surface area contributed by atoms with E-state index in [2.05, 4.69) is 43.4 Å². The molecule has 1 atom stereocenters. The van der Waals surface area contributed by atoms with Crippen molar-refractivity contribution in [3.63, 3.8) is 0 Å². The summed E-state index contributed by atoms with van der Waals surface area (Å²) in [5.74, 6) is 0.935. The van der Waals surface area contributed by atoms with Gasteiger partial charge in [-0.1, -0.05) is 45.0 Å². The van der Waals surface area contributed by atoms with Crippen LogP contribution < -0.4 is 5.32 Å². The van der Waals surface area contributed by atoms with Crippen LogP contribution in [0.4, 0.5) is 0 Å². The lowest BCUT2D eigenvalue weighted by molar-refractivity contribution is -0.121. The smallest absolute Gasteiger partial charge is 0.141 e. The van der Waals surface area contributed by atoms with E-state index in [0.717, 1.165) is 12.1 Å².